The molecule has 1 aromatic rings. The molecule has 1 aromatic heterocycles. The van der Waals surface area contributed by atoms with Crippen molar-refractivity contribution in [3.8, 4) is 0 Å². The fourth-order valence-corrected chi connectivity index (χ4v) is 2.83. The number of anilines is 1. The maximum absolute atomic E-state index is 12.5. The fourth-order valence-electron chi connectivity index (χ4n) is 2.83. The van der Waals surface area contributed by atoms with Gasteiger partial charge in [-0.05, 0) is 32.3 Å². The Morgan fingerprint density at radius 2 is 2.00 bits per heavy atom. The summed E-state index contributed by atoms with van der Waals surface area (Å²) in [5.74, 6) is 0.00741. The molecule has 116 valence electrons. The number of hydrogen-bond donors (Lipinski definition) is 2. The Balaban J connectivity index is 2.06. The SMILES string of the molecule is CCCNc1cc(C)ncc1C(=O)NC1CCCCCC1. The number of aryl methyl sites for hydroxylation is 1. The molecule has 0 atom stereocenters. The highest BCUT2D eigenvalue weighted by Gasteiger charge is 2.18. The Labute approximate surface area is 127 Å². The van der Waals surface area contributed by atoms with Crippen LogP contribution in [-0.4, -0.2) is 23.5 Å². The van der Waals surface area contributed by atoms with E-state index in [4.69, 9.17) is 0 Å². The zero-order valence-corrected chi connectivity index (χ0v) is 13.2. The van der Waals surface area contributed by atoms with Gasteiger partial charge in [0.1, 0.15) is 0 Å². The van der Waals surface area contributed by atoms with Gasteiger partial charge in [-0.15, -0.1) is 0 Å². The van der Waals surface area contributed by atoms with Crippen LogP contribution >= 0.6 is 0 Å². The predicted octanol–water partition coefficient (Wildman–Crippen LogP) is 3.66. The van der Waals surface area contributed by atoms with Crippen LogP contribution < -0.4 is 10.6 Å². The molecule has 0 unspecified atom stereocenters. The lowest BCUT2D eigenvalue weighted by atomic mass is 10.1. The van der Waals surface area contributed by atoms with Gasteiger partial charge >= 0.3 is 0 Å². The molecule has 0 aliphatic heterocycles. The molecular formula is C17H27N3O. The molecule has 1 saturated carbocycles. The van der Waals surface area contributed by atoms with Gasteiger partial charge in [0.15, 0.2) is 0 Å². The molecule has 2 rings (SSSR count). The van der Waals surface area contributed by atoms with Gasteiger partial charge in [0, 0.05) is 24.5 Å². The quantitative estimate of drug-likeness (QED) is 0.813. The largest absolute Gasteiger partial charge is 0.384 e. The van der Waals surface area contributed by atoms with E-state index >= 15 is 0 Å². The first-order chi connectivity index (χ1) is 10.2. The number of rotatable bonds is 5. The molecule has 1 heterocycles. The number of pyridine rings is 1. The first kappa shape index (κ1) is 15.8. The summed E-state index contributed by atoms with van der Waals surface area (Å²) in [5, 5.41) is 6.53. The van der Waals surface area contributed by atoms with Gasteiger partial charge in [0.2, 0.25) is 0 Å². The van der Waals surface area contributed by atoms with Gasteiger partial charge in [-0.1, -0.05) is 32.6 Å². The standard InChI is InChI=1S/C17H27N3O/c1-3-10-18-16-11-13(2)19-12-15(16)17(21)20-14-8-6-4-5-7-9-14/h11-12,14H,3-10H2,1-2H3,(H,18,19)(H,20,21). The summed E-state index contributed by atoms with van der Waals surface area (Å²) in [6, 6.07) is 2.28. The van der Waals surface area contributed by atoms with Gasteiger partial charge in [-0.25, -0.2) is 0 Å². The van der Waals surface area contributed by atoms with Crippen LogP contribution in [0.1, 0.15) is 67.9 Å². The molecule has 1 aliphatic carbocycles. The van der Waals surface area contributed by atoms with Gasteiger partial charge < -0.3 is 10.6 Å². The van der Waals surface area contributed by atoms with Crippen LogP contribution in [0.15, 0.2) is 12.3 Å². The monoisotopic (exact) mass is 289 g/mol. The molecule has 0 aromatic carbocycles. The summed E-state index contributed by atoms with van der Waals surface area (Å²) in [4.78, 5) is 16.8. The normalized spacial score (nSPS) is 16.3. The molecular weight excluding hydrogens is 262 g/mol. The van der Waals surface area contributed by atoms with Crippen molar-refractivity contribution < 1.29 is 4.79 Å². The summed E-state index contributed by atoms with van der Waals surface area (Å²) < 4.78 is 0. The lowest BCUT2D eigenvalue weighted by molar-refractivity contribution is 0.0934. The van der Waals surface area contributed by atoms with E-state index in [0.29, 0.717) is 11.6 Å². The number of amides is 1. The van der Waals surface area contributed by atoms with E-state index in [0.717, 1.165) is 37.2 Å². The van der Waals surface area contributed by atoms with Crippen molar-refractivity contribution in [2.75, 3.05) is 11.9 Å². The smallest absolute Gasteiger partial charge is 0.255 e. The zero-order valence-electron chi connectivity index (χ0n) is 13.2. The summed E-state index contributed by atoms with van der Waals surface area (Å²) in [7, 11) is 0. The van der Waals surface area contributed by atoms with Crippen molar-refractivity contribution in [2.45, 2.75) is 64.8 Å². The zero-order chi connectivity index (χ0) is 15.1. The maximum Gasteiger partial charge on any atom is 0.255 e. The minimum atomic E-state index is 0.00741. The predicted molar refractivity (Wildman–Crippen MR) is 86.7 cm³/mol. The highest BCUT2D eigenvalue weighted by Crippen LogP contribution is 2.20. The van der Waals surface area contributed by atoms with Crippen molar-refractivity contribution >= 4 is 11.6 Å². The second kappa shape index (κ2) is 8.01. The highest BCUT2D eigenvalue weighted by atomic mass is 16.1. The van der Waals surface area contributed by atoms with E-state index < -0.39 is 0 Å². The second-order valence-corrected chi connectivity index (χ2v) is 5.96. The van der Waals surface area contributed by atoms with E-state index in [9.17, 15) is 4.79 Å². The third kappa shape index (κ3) is 4.73. The van der Waals surface area contributed by atoms with Gasteiger partial charge in [0.25, 0.3) is 5.91 Å². The highest BCUT2D eigenvalue weighted by molar-refractivity contribution is 5.99. The maximum atomic E-state index is 12.5. The summed E-state index contributed by atoms with van der Waals surface area (Å²) in [6.07, 6.45) is 9.95. The van der Waals surface area contributed by atoms with Crippen LogP contribution in [0.25, 0.3) is 0 Å². The molecule has 4 nitrogen and oxygen atoms in total. The molecule has 1 amide bonds. The van der Waals surface area contributed by atoms with Crippen LogP contribution in [0.3, 0.4) is 0 Å². The number of hydrogen-bond acceptors (Lipinski definition) is 3. The summed E-state index contributed by atoms with van der Waals surface area (Å²) in [6.45, 7) is 4.93. The van der Waals surface area contributed by atoms with Crippen LogP contribution in [-0.2, 0) is 0 Å². The Bertz CT molecular complexity index is 465. The van der Waals surface area contributed by atoms with Gasteiger partial charge in [-0.3, -0.25) is 9.78 Å². The van der Waals surface area contributed by atoms with Crippen molar-refractivity contribution in [2.24, 2.45) is 0 Å². The van der Waals surface area contributed by atoms with Crippen molar-refractivity contribution in [3.63, 3.8) is 0 Å². The average Bonchev–Trinajstić information content (AvgIpc) is 2.73. The van der Waals surface area contributed by atoms with Crippen molar-refractivity contribution in [1.82, 2.24) is 10.3 Å². The molecule has 0 saturated heterocycles. The third-order valence-corrected chi connectivity index (χ3v) is 4.04. The minimum absolute atomic E-state index is 0.00741. The lowest BCUT2D eigenvalue weighted by Gasteiger charge is -2.18. The molecule has 21 heavy (non-hydrogen) atoms. The van der Waals surface area contributed by atoms with E-state index in [1.165, 1.54) is 25.7 Å². The topological polar surface area (TPSA) is 54.0 Å². The van der Waals surface area contributed by atoms with Gasteiger partial charge in [0.05, 0.1) is 11.3 Å². The molecule has 0 bridgehead atoms. The van der Waals surface area contributed by atoms with Crippen molar-refractivity contribution in [1.29, 1.82) is 0 Å². The molecule has 0 spiro atoms. The lowest BCUT2D eigenvalue weighted by Crippen LogP contribution is -2.35. The average molecular weight is 289 g/mol. The Morgan fingerprint density at radius 1 is 1.29 bits per heavy atom. The number of aromatic nitrogens is 1. The van der Waals surface area contributed by atoms with E-state index in [-0.39, 0.29) is 5.91 Å². The molecule has 4 heteroatoms. The molecule has 0 radical (unpaired) electrons. The van der Waals surface area contributed by atoms with Crippen LogP contribution in [0, 0.1) is 6.92 Å². The van der Waals surface area contributed by atoms with Crippen LogP contribution in [0.4, 0.5) is 5.69 Å². The van der Waals surface area contributed by atoms with E-state index in [2.05, 4.69) is 22.5 Å². The Kier molecular flexibility index (Phi) is 6.03. The number of carbonyl (C=O) groups is 1. The number of nitrogens with zero attached hydrogens (tertiary/aromatic N) is 1. The fraction of sp³-hybridized carbons (Fsp3) is 0.647. The molecule has 1 aliphatic rings. The molecule has 1 fully saturated rings. The van der Waals surface area contributed by atoms with E-state index in [1.807, 2.05) is 13.0 Å². The van der Waals surface area contributed by atoms with Gasteiger partial charge in [-0.2, -0.15) is 0 Å². The first-order valence-corrected chi connectivity index (χ1v) is 8.22. The summed E-state index contributed by atoms with van der Waals surface area (Å²) in [5.41, 5.74) is 2.49. The Morgan fingerprint density at radius 3 is 2.67 bits per heavy atom. The van der Waals surface area contributed by atoms with Crippen LogP contribution in [0.5, 0.6) is 0 Å². The minimum Gasteiger partial charge on any atom is -0.384 e. The third-order valence-electron chi connectivity index (χ3n) is 4.04. The molecule has 2 N–H and O–H groups in total. The number of nitrogens with one attached hydrogen (secondary N) is 2. The van der Waals surface area contributed by atoms with E-state index in [1.54, 1.807) is 6.20 Å². The first-order valence-electron chi connectivity index (χ1n) is 8.22. The summed E-state index contributed by atoms with van der Waals surface area (Å²) >= 11 is 0. The second-order valence-electron chi connectivity index (χ2n) is 5.96. The van der Waals surface area contributed by atoms with Crippen molar-refractivity contribution in [3.05, 3.63) is 23.5 Å². The van der Waals surface area contributed by atoms with Crippen LogP contribution in [0.2, 0.25) is 0 Å². The Hall–Kier alpha value is -1.58. The number of carbonyl (C=O) groups excluding carboxylic acids is 1.